The second-order valence-electron chi connectivity index (χ2n) is 3.35. The van der Waals surface area contributed by atoms with Crippen molar-refractivity contribution in [2.75, 3.05) is 6.54 Å². The van der Waals surface area contributed by atoms with Crippen molar-refractivity contribution in [3.63, 3.8) is 0 Å². The van der Waals surface area contributed by atoms with Gasteiger partial charge in [0.2, 0.25) is 0 Å². The maximum Gasteiger partial charge on any atom is 0.345 e. The quantitative estimate of drug-likeness (QED) is 0.774. The van der Waals surface area contributed by atoms with Crippen molar-refractivity contribution in [1.82, 2.24) is 15.0 Å². The van der Waals surface area contributed by atoms with Gasteiger partial charge in [-0.05, 0) is 31.2 Å². The number of aromatic amines is 1. The first kappa shape index (κ1) is 10.5. The van der Waals surface area contributed by atoms with E-state index in [9.17, 15) is 4.79 Å². The van der Waals surface area contributed by atoms with Crippen molar-refractivity contribution in [1.29, 1.82) is 0 Å². The maximum atomic E-state index is 11.3. The monoisotopic (exact) mass is 216 g/mol. The van der Waals surface area contributed by atoms with Crippen LogP contribution in [0.4, 0.5) is 0 Å². The molecule has 0 aliphatic carbocycles. The number of nitrogens with two attached hydrogens (primary N) is 1. The van der Waals surface area contributed by atoms with Crippen molar-refractivity contribution >= 4 is 0 Å². The van der Waals surface area contributed by atoms with E-state index in [1.807, 2.05) is 18.2 Å². The van der Waals surface area contributed by atoms with Crippen LogP contribution in [0, 0.1) is 0 Å². The van der Waals surface area contributed by atoms with Crippen LogP contribution in [0.5, 0.6) is 0 Å². The molecular formula is C11H12N4O. The summed E-state index contributed by atoms with van der Waals surface area (Å²) in [4.78, 5) is 22.0. The topological polar surface area (TPSA) is 84.7 Å². The predicted molar refractivity (Wildman–Crippen MR) is 60.8 cm³/mol. The second kappa shape index (κ2) is 4.67. The highest BCUT2D eigenvalue weighted by Crippen LogP contribution is 2.11. The molecule has 0 unspecified atom stereocenters. The normalized spacial score (nSPS) is 10.3. The van der Waals surface area contributed by atoms with Gasteiger partial charge in [0.25, 0.3) is 0 Å². The Morgan fingerprint density at radius 2 is 2.19 bits per heavy atom. The number of H-pyrrole nitrogens is 1. The van der Waals surface area contributed by atoms with Crippen LogP contribution in [0.1, 0.15) is 5.69 Å². The van der Waals surface area contributed by atoms with Gasteiger partial charge in [0.05, 0.1) is 11.4 Å². The molecule has 0 bridgehead atoms. The van der Waals surface area contributed by atoms with Gasteiger partial charge < -0.3 is 10.7 Å². The van der Waals surface area contributed by atoms with Gasteiger partial charge in [-0.1, -0.05) is 6.07 Å². The molecule has 2 aromatic heterocycles. The van der Waals surface area contributed by atoms with Gasteiger partial charge in [-0.2, -0.15) is 4.98 Å². The van der Waals surface area contributed by atoms with Gasteiger partial charge in [-0.25, -0.2) is 4.79 Å². The van der Waals surface area contributed by atoms with Crippen LogP contribution >= 0.6 is 0 Å². The Kier molecular flexibility index (Phi) is 3.07. The number of hydrogen-bond acceptors (Lipinski definition) is 4. The largest absolute Gasteiger partial charge is 0.345 e. The maximum absolute atomic E-state index is 11.3. The van der Waals surface area contributed by atoms with E-state index in [4.69, 9.17) is 5.73 Å². The highest BCUT2D eigenvalue weighted by Gasteiger charge is 2.03. The van der Waals surface area contributed by atoms with E-state index in [1.165, 1.54) is 0 Å². The molecule has 0 amide bonds. The Morgan fingerprint density at radius 3 is 2.88 bits per heavy atom. The Hall–Kier alpha value is -2.01. The average Bonchev–Trinajstić information content (AvgIpc) is 2.30. The fourth-order valence-corrected chi connectivity index (χ4v) is 1.44. The van der Waals surface area contributed by atoms with Crippen molar-refractivity contribution in [2.45, 2.75) is 6.42 Å². The Labute approximate surface area is 92.4 Å². The van der Waals surface area contributed by atoms with Crippen molar-refractivity contribution < 1.29 is 0 Å². The summed E-state index contributed by atoms with van der Waals surface area (Å²) in [6.07, 6.45) is 2.29. The summed E-state index contributed by atoms with van der Waals surface area (Å²) in [6.45, 7) is 0.488. The Bertz CT molecular complexity index is 521. The zero-order valence-corrected chi connectivity index (χ0v) is 8.68. The summed E-state index contributed by atoms with van der Waals surface area (Å²) in [5.74, 6) is 0. The third-order valence-electron chi connectivity index (χ3n) is 2.14. The van der Waals surface area contributed by atoms with Crippen LogP contribution < -0.4 is 11.4 Å². The van der Waals surface area contributed by atoms with Gasteiger partial charge in [-0.3, -0.25) is 4.98 Å². The number of nitrogens with zero attached hydrogens (tertiary/aromatic N) is 2. The van der Waals surface area contributed by atoms with Crippen molar-refractivity contribution in [2.24, 2.45) is 5.73 Å². The first-order valence-electron chi connectivity index (χ1n) is 5.01. The molecule has 0 saturated carbocycles. The summed E-state index contributed by atoms with van der Waals surface area (Å²) in [5, 5.41) is 0. The van der Waals surface area contributed by atoms with Crippen LogP contribution in [-0.4, -0.2) is 21.5 Å². The molecular weight excluding hydrogens is 204 g/mol. The molecule has 5 nitrogen and oxygen atoms in total. The summed E-state index contributed by atoms with van der Waals surface area (Å²) in [6, 6.07) is 7.29. The fourth-order valence-electron chi connectivity index (χ4n) is 1.44. The van der Waals surface area contributed by atoms with E-state index in [0.29, 0.717) is 24.4 Å². The minimum atomic E-state index is -0.369. The molecule has 0 saturated heterocycles. The smallest absolute Gasteiger partial charge is 0.330 e. The molecule has 2 aromatic rings. The van der Waals surface area contributed by atoms with Crippen molar-refractivity contribution in [3.05, 3.63) is 46.6 Å². The van der Waals surface area contributed by atoms with E-state index >= 15 is 0 Å². The Morgan fingerprint density at radius 1 is 1.31 bits per heavy atom. The lowest BCUT2D eigenvalue weighted by molar-refractivity contribution is 0.891. The van der Waals surface area contributed by atoms with Gasteiger partial charge in [0.15, 0.2) is 0 Å². The van der Waals surface area contributed by atoms with Gasteiger partial charge in [0, 0.05) is 11.9 Å². The Balaban J connectivity index is 2.45. The molecule has 3 N–H and O–H groups in total. The molecule has 2 heterocycles. The lowest BCUT2D eigenvalue weighted by Gasteiger charge is -2.02. The number of aromatic nitrogens is 3. The molecule has 0 spiro atoms. The highest BCUT2D eigenvalue weighted by atomic mass is 16.1. The van der Waals surface area contributed by atoms with Crippen molar-refractivity contribution in [3.8, 4) is 11.4 Å². The third-order valence-corrected chi connectivity index (χ3v) is 2.14. The SMILES string of the molecule is NCCc1cc(-c2ccccn2)nc(=O)[nH]1. The van der Waals surface area contributed by atoms with Crippen LogP contribution in [-0.2, 0) is 6.42 Å². The minimum absolute atomic E-state index is 0.369. The molecule has 0 aliphatic heterocycles. The molecule has 82 valence electrons. The summed E-state index contributed by atoms with van der Waals surface area (Å²) < 4.78 is 0. The molecule has 0 aromatic carbocycles. The molecule has 0 fully saturated rings. The first-order valence-corrected chi connectivity index (χ1v) is 5.01. The van der Waals surface area contributed by atoms with Gasteiger partial charge in [-0.15, -0.1) is 0 Å². The van der Waals surface area contributed by atoms with E-state index in [0.717, 1.165) is 5.69 Å². The zero-order chi connectivity index (χ0) is 11.4. The average molecular weight is 216 g/mol. The number of nitrogens with one attached hydrogen (secondary N) is 1. The van der Waals surface area contributed by atoms with Crippen LogP contribution in [0.2, 0.25) is 0 Å². The van der Waals surface area contributed by atoms with E-state index in [2.05, 4.69) is 15.0 Å². The highest BCUT2D eigenvalue weighted by molar-refractivity contribution is 5.53. The summed E-state index contributed by atoms with van der Waals surface area (Å²) in [7, 11) is 0. The van der Waals surface area contributed by atoms with E-state index < -0.39 is 0 Å². The molecule has 0 atom stereocenters. The number of pyridine rings is 1. The van der Waals surface area contributed by atoms with E-state index in [-0.39, 0.29) is 5.69 Å². The van der Waals surface area contributed by atoms with Crippen LogP contribution in [0.15, 0.2) is 35.3 Å². The molecule has 0 radical (unpaired) electrons. The summed E-state index contributed by atoms with van der Waals surface area (Å²) in [5.41, 5.74) is 7.12. The van der Waals surface area contributed by atoms with Crippen LogP contribution in [0.3, 0.4) is 0 Å². The number of hydrogen-bond donors (Lipinski definition) is 2. The molecule has 16 heavy (non-hydrogen) atoms. The molecule has 5 heteroatoms. The third kappa shape index (κ3) is 2.32. The minimum Gasteiger partial charge on any atom is -0.330 e. The van der Waals surface area contributed by atoms with Gasteiger partial charge >= 0.3 is 5.69 Å². The van der Waals surface area contributed by atoms with Crippen LogP contribution in [0.25, 0.3) is 11.4 Å². The molecule has 2 rings (SSSR count). The standard InChI is InChI=1S/C11H12N4O/c12-5-4-8-7-10(15-11(16)14-8)9-3-1-2-6-13-9/h1-3,6-7H,4-5,12H2,(H,14,15,16). The fraction of sp³-hybridized carbons (Fsp3) is 0.182. The zero-order valence-electron chi connectivity index (χ0n) is 8.68. The van der Waals surface area contributed by atoms with E-state index in [1.54, 1.807) is 12.3 Å². The lowest BCUT2D eigenvalue weighted by Crippen LogP contribution is -2.16. The number of rotatable bonds is 3. The first-order chi connectivity index (χ1) is 7.79. The lowest BCUT2D eigenvalue weighted by atomic mass is 10.2. The second-order valence-corrected chi connectivity index (χ2v) is 3.35. The summed E-state index contributed by atoms with van der Waals surface area (Å²) >= 11 is 0. The molecule has 0 aliphatic rings. The predicted octanol–water partition coefficient (Wildman–Crippen LogP) is 0.333. The van der Waals surface area contributed by atoms with Gasteiger partial charge in [0.1, 0.15) is 0 Å².